The van der Waals surface area contributed by atoms with Crippen molar-refractivity contribution in [2.24, 2.45) is 0 Å². The Balaban J connectivity index is 2.44. The van der Waals surface area contributed by atoms with Crippen LogP contribution in [0.15, 0.2) is 54.6 Å². The molecule has 0 bridgehead atoms. The van der Waals surface area contributed by atoms with Gasteiger partial charge in [-0.1, -0.05) is 43.3 Å². The minimum Gasteiger partial charge on any atom is -0.388 e. The van der Waals surface area contributed by atoms with Crippen molar-refractivity contribution in [2.45, 2.75) is 26.4 Å². The SMILES string of the molecule is CC[C@H](O)c1ccccc1N(CC)c1ccccc1. The third-order valence-electron chi connectivity index (χ3n) is 3.36. The maximum Gasteiger partial charge on any atom is 0.0807 e. The van der Waals surface area contributed by atoms with Gasteiger partial charge in [0.05, 0.1) is 6.10 Å². The number of hydrogen-bond donors (Lipinski definition) is 1. The topological polar surface area (TPSA) is 23.5 Å². The van der Waals surface area contributed by atoms with E-state index in [4.69, 9.17) is 0 Å². The van der Waals surface area contributed by atoms with E-state index in [-0.39, 0.29) is 0 Å². The summed E-state index contributed by atoms with van der Waals surface area (Å²) in [5, 5.41) is 10.2. The maximum atomic E-state index is 10.2. The van der Waals surface area contributed by atoms with Gasteiger partial charge < -0.3 is 10.0 Å². The smallest absolute Gasteiger partial charge is 0.0807 e. The molecule has 0 aromatic heterocycles. The molecular weight excluding hydrogens is 234 g/mol. The van der Waals surface area contributed by atoms with Gasteiger partial charge in [-0.15, -0.1) is 0 Å². The van der Waals surface area contributed by atoms with Crippen molar-refractivity contribution in [2.75, 3.05) is 11.4 Å². The quantitative estimate of drug-likeness (QED) is 0.861. The fourth-order valence-electron chi connectivity index (χ4n) is 2.33. The van der Waals surface area contributed by atoms with E-state index in [1.807, 2.05) is 43.3 Å². The Kier molecular flexibility index (Phi) is 4.58. The molecule has 100 valence electrons. The first-order valence-corrected chi connectivity index (χ1v) is 6.87. The molecule has 2 heteroatoms. The zero-order valence-electron chi connectivity index (χ0n) is 11.6. The zero-order chi connectivity index (χ0) is 13.7. The normalized spacial score (nSPS) is 12.2. The van der Waals surface area contributed by atoms with Gasteiger partial charge in [-0.25, -0.2) is 0 Å². The van der Waals surface area contributed by atoms with Crippen molar-refractivity contribution >= 4 is 11.4 Å². The molecule has 0 radical (unpaired) electrons. The highest BCUT2D eigenvalue weighted by Crippen LogP contribution is 2.32. The van der Waals surface area contributed by atoms with Crippen molar-refractivity contribution in [3.05, 3.63) is 60.2 Å². The zero-order valence-corrected chi connectivity index (χ0v) is 11.6. The number of nitrogens with zero attached hydrogens (tertiary/aromatic N) is 1. The summed E-state index contributed by atoms with van der Waals surface area (Å²) in [6.07, 6.45) is 0.317. The third-order valence-corrected chi connectivity index (χ3v) is 3.36. The van der Waals surface area contributed by atoms with Crippen molar-refractivity contribution in [3.63, 3.8) is 0 Å². The van der Waals surface area contributed by atoms with Gasteiger partial charge in [-0.05, 0) is 31.5 Å². The number of aliphatic hydroxyl groups excluding tert-OH is 1. The summed E-state index contributed by atoms with van der Waals surface area (Å²) < 4.78 is 0. The first-order chi connectivity index (χ1) is 9.27. The second-order valence-corrected chi connectivity index (χ2v) is 4.56. The van der Waals surface area contributed by atoms with Gasteiger partial charge in [0, 0.05) is 23.5 Å². The molecule has 0 fully saturated rings. The minimum atomic E-state index is -0.408. The van der Waals surface area contributed by atoms with Crippen LogP contribution in [0, 0.1) is 0 Å². The van der Waals surface area contributed by atoms with E-state index in [9.17, 15) is 5.11 Å². The second-order valence-electron chi connectivity index (χ2n) is 4.56. The van der Waals surface area contributed by atoms with E-state index in [2.05, 4.69) is 30.0 Å². The van der Waals surface area contributed by atoms with Crippen LogP contribution in [0.3, 0.4) is 0 Å². The highest BCUT2D eigenvalue weighted by molar-refractivity contribution is 5.66. The minimum absolute atomic E-state index is 0.408. The van der Waals surface area contributed by atoms with Crippen LogP contribution in [-0.2, 0) is 0 Å². The molecule has 1 N–H and O–H groups in total. The van der Waals surface area contributed by atoms with Gasteiger partial charge in [0.25, 0.3) is 0 Å². The number of aliphatic hydroxyl groups is 1. The van der Waals surface area contributed by atoms with Gasteiger partial charge >= 0.3 is 0 Å². The molecule has 2 aromatic rings. The number of benzene rings is 2. The van der Waals surface area contributed by atoms with Crippen LogP contribution < -0.4 is 4.90 Å². The molecule has 0 unspecified atom stereocenters. The van der Waals surface area contributed by atoms with E-state index >= 15 is 0 Å². The van der Waals surface area contributed by atoms with Gasteiger partial charge in [-0.2, -0.15) is 0 Å². The lowest BCUT2D eigenvalue weighted by Gasteiger charge is -2.27. The Morgan fingerprint density at radius 3 is 2.21 bits per heavy atom. The fraction of sp³-hybridized carbons (Fsp3) is 0.294. The van der Waals surface area contributed by atoms with Crippen LogP contribution >= 0.6 is 0 Å². The van der Waals surface area contributed by atoms with E-state index < -0.39 is 6.10 Å². The molecule has 0 aliphatic carbocycles. The third kappa shape index (κ3) is 2.96. The molecule has 0 saturated heterocycles. The monoisotopic (exact) mass is 255 g/mol. The summed E-state index contributed by atoms with van der Waals surface area (Å²) >= 11 is 0. The molecule has 2 aromatic carbocycles. The highest BCUT2D eigenvalue weighted by Gasteiger charge is 2.15. The number of rotatable bonds is 5. The van der Waals surface area contributed by atoms with Crippen molar-refractivity contribution in [1.82, 2.24) is 0 Å². The summed E-state index contributed by atoms with van der Waals surface area (Å²) in [6, 6.07) is 18.4. The van der Waals surface area contributed by atoms with Crippen LogP contribution in [0.2, 0.25) is 0 Å². The Labute approximate surface area is 115 Å². The molecule has 0 heterocycles. The molecule has 0 aliphatic rings. The maximum absolute atomic E-state index is 10.2. The Hall–Kier alpha value is -1.80. The van der Waals surface area contributed by atoms with Gasteiger partial charge in [-0.3, -0.25) is 0 Å². The molecule has 0 amide bonds. The Bertz CT molecular complexity index is 510. The van der Waals surface area contributed by atoms with Crippen molar-refractivity contribution < 1.29 is 5.11 Å². The Morgan fingerprint density at radius 1 is 0.947 bits per heavy atom. The number of anilines is 2. The fourth-order valence-corrected chi connectivity index (χ4v) is 2.33. The molecule has 2 rings (SSSR count). The molecule has 19 heavy (non-hydrogen) atoms. The van der Waals surface area contributed by atoms with Crippen LogP contribution in [0.5, 0.6) is 0 Å². The predicted molar refractivity (Wildman–Crippen MR) is 80.8 cm³/mol. The van der Waals surface area contributed by atoms with Crippen molar-refractivity contribution in [1.29, 1.82) is 0 Å². The molecule has 0 aliphatic heterocycles. The summed E-state index contributed by atoms with van der Waals surface area (Å²) in [4.78, 5) is 2.23. The molecule has 0 saturated carbocycles. The molecule has 0 spiro atoms. The van der Waals surface area contributed by atoms with Gasteiger partial charge in [0.15, 0.2) is 0 Å². The average molecular weight is 255 g/mol. The molecular formula is C17H21NO. The summed E-state index contributed by atoms with van der Waals surface area (Å²) in [6.45, 7) is 5.00. The lowest BCUT2D eigenvalue weighted by atomic mass is 10.0. The lowest BCUT2D eigenvalue weighted by molar-refractivity contribution is 0.174. The number of hydrogen-bond acceptors (Lipinski definition) is 2. The average Bonchev–Trinajstić information content (AvgIpc) is 2.49. The van der Waals surface area contributed by atoms with E-state index in [1.165, 1.54) is 0 Å². The summed E-state index contributed by atoms with van der Waals surface area (Å²) in [5.74, 6) is 0. The van der Waals surface area contributed by atoms with E-state index in [0.29, 0.717) is 0 Å². The first kappa shape index (κ1) is 13.6. The summed E-state index contributed by atoms with van der Waals surface area (Å²) in [7, 11) is 0. The van der Waals surface area contributed by atoms with Gasteiger partial charge in [0.2, 0.25) is 0 Å². The van der Waals surface area contributed by atoms with Crippen molar-refractivity contribution in [3.8, 4) is 0 Å². The predicted octanol–water partition coefficient (Wildman–Crippen LogP) is 4.29. The number of para-hydroxylation sites is 2. The second kappa shape index (κ2) is 6.39. The summed E-state index contributed by atoms with van der Waals surface area (Å²) in [5.41, 5.74) is 3.24. The van der Waals surface area contributed by atoms with Crippen LogP contribution in [0.1, 0.15) is 31.9 Å². The Morgan fingerprint density at radius 2 is 1.58 bits per heavy atom. The van der Waals surface area contributed by atoms with Crippen LogP contribution in [0.4, 0.5) is 11.4 Å². The highest BCUT2D eigenvalue weighted by atomic mass is 16.3. The van der Waals surface area contributed by atoms with E-state index in [0.717, 1.165) is 29.9 Å². The van der Waals surface area contributed by atoms with Crippen LogP contribution in [0.25, 0.3) is 0 Å². The van der Waals surface area contributed by atoms with Gasteiger partial charge in [0.1, 0.15) is 0 Å². The van der Waals surface area contributed by atoms with Crippen LogP contribution in [-0.4, -0.2) is 11.7 Å². The largest absolute Gasteiger partial charge is 0.388 e. The first-order valence-electron chi connectivity index (χ1n) is 6.87. The lowest BCUT2D eigenvalue weighted by Crippen LogP contribution is -2.18. The standard InChI is InChI=1S/C17H21NO/c1-3-17(19)15-12-8-9-13-16(15)18(4-2)14-10-6-5-7-11-14/h5-13,17,19H,3-4H2,1-2H3/t17-/m0/s1. The molecule has 1 atom stereocenters. The van der Waals surface area contributed by atoms with E-state index in [1.54, 1.807) is 0 Å². The molecule has 2 nitrogen and oxygen atoms in total.